The van der Waals surface area contributed by atoms with E-state index in [1.165, 1.54) is 12.1 Å². The van der Waals surface area contributed by atoms with Crippen LogP contribution in [0.5, 0.6) is 0 Å². The van der Waals surface area contributed by atoms with E-state index in [0.717, 1.165) is 6.29 Å². The minimum atomic E-state index is -3.89. The van der Waals surface area contributed by atoms with Crippen LogP contribution in [0, 0.1) is 6.92 Å². The molecule has 0 unspecified atom stereocenters. The number of aromatic amines is 1. The number of anilines is 1. The van der Waals surface area contributed by atoms with Gasteiger partial charge in [0.1, 0.15) is 6.29 Å². The molecule has 2 aliphatic heterocycles. The van der Waals surface area contributed by atoms with Crippen molar-refractivity contribution >= 4 is 45.6 Å². The van der Waals surface area contributed by atoms with Gasteiger partial charge in [-0.05, 0) is 56.0 Å². The average molecular weight is 489 g/mol. The highest BCUT2D eigenvalue weighted by Crippen LogP contribution is 2.41. The first-order chi connectivity index (χ1) is 16.3. The number of aldehydes is 1. The van der Waals surface area contributed by atoms with Crippen molar-refractivity contribution in [2.24, 2.45) is 0 Å². The van der Waals surface area contributed by atoms with Crippen LogP contribution in [0.1, 0.15) is 65.6 Å². The van der Waals surface area contributed by atoms with E-state index in [2.05, 4.69) is 10.3 Å². The second-order valence-corrected chi connectivity index (χ2v) is 9.03. The Morgan fingerprint density at radius 1 is 1.26 bits per heavy atom. The molecule has 9 nitrogen and oxygen atoms in total. The number of rotatable bonds is 6. The van der Waals surface area contributed by atoms with Crippen molar-refractivity contribution < 1.29 is 31.7 Å². The second kappa shape index (κ2) is 10.4. The van der Waals surface area contributed by atoms with E-state index < -0.39 is 16.1 Å². The highest BCUT2D eigenvalue weighted by Gasteiger charge is 2.34. The number of ether oxygens (including phenoxy) is 1. The van der Waals surface area contributed by atoms with Gasteiger partial charge in [0.15, 0.2) is 0 Å². The van der Waals surface area contributed by atoms with Crippen LogP contribution in [0.15, 0.2) is 17.0 Å². The number of hydrogen-bond acceptors (Lipinski definition) is 7. The van der Waals surface area contributed by atoms with Crippen molar-refractivity contribution in [3.05, 3.63) is 45.8 Å². The summed E-state index contributed by atoms with van der Waals surface area (Å²) in [5.74, 6) is -0.896. The molecule has 0 bridgehead atoms. The summed E-state index contributed by atoms with van der Waals surface area (Å²) in [6.45, 7) is 7.61. The molecule has 0 saturated carbocycles. The van der Waals surface area contributed by atoms with Gasteiger partial charge in [0.2, 0.25) is 0 Å². The molecule has 182 valence electrons. The molecule has 1 aromatic heterocycles. The Morgan fingerprint density at radius 2 is 2.00 bits per heavy atom. The number of hydrogen-bond donors (Lipinski definition) is 2. The molecule has 0 fully saturated rings. The van der Waals surface area contributed by atoms with Crippen molar-refractivity contribution in [2.45, 2.75) is 51.9 Å². The number of H-pyrrole nitrogens is 1. The van der Waals surface area contributed by atoms with E-state index in [9.17, 15) is 22.8 Å². The third kappa shape index (κ3) is 4.55. The largest absolute Gasteiger partial charge is 0.462 e. The molecule has 0 aliphatic carbocycles. The number of fused-ring (bicyclic) bond motifs is 3. The molecule has 3 heterocycles. The van der Waals surface area contributed by atoms with Crippen LogP contribution >= 0.6 is 0 Å². The first-order valence-corrected chi connectivity index (χ1v) is 12.6. The van der Waals surface area contributed by atoms with E-state index in [1.54, 1.807) is 19.9 Å². The standard InChI is InChI=1S/C22H22N2O7S.C2H6/c1-3-30-22(27)19-12(2)23-17(13(19)5-4-9-25)11-15-20-14-8-10-31-32(28,29)18(14)7-6-16(20)24-21(15)26;1-2/h6-7,9,11,23H,3-5,8,10H2,1-2H3,(H,24,26);1-2H3/b15-11-;. The van der Waals surface area contributed by atoms with E-state index in [0.29, 0.717) is 45.7 Å². The van der Waals surface area contributed by atoms with E-state index in [1.807, 2.05) is 13.8 Å². The summed E-state index contributed by atoms with van der Waals surface area (Å²) in [6.07, 6.45) is 3.16. The van der Waals surface area contributed by atoms with Crippen molar-refractivity contribution in [3.63, 3.8) is 0 Å². The smallest absolute Gasteiger partial charge is 0.340 e. The second-order valence-electron chi connectivity index (χ2n) is 7.45. The van der Waals surface area contributed by atoms with Gasteiger partial charge in [-0.25, -0.2) is 4.79 Å². The number of amides is 1. The van der Waals surface area contributed by atoms with Gasteiger partial charge in [-0.3, -0.25) is 8.98 Å². The number of nitrogens with one attached hydrogen (secondary N) is 2. The molecular weight excluding hydrogens is 460 g/mol. The summed E-state index contributed by atoms with van der Waals surface area (Å²) >= 11 is 0. The lowest BCUT2D eigenvalue weighted by molar-refractivity contribution is -0.111. The molecule has 10 heteroatoms. The number of benzene rings is 1. The van der Waals surface area contributed by atoms with Crippen LogP contribution < -0.4 is 5.32 Å². The molecular formula is C24H28N2O7S. The maximum absolute atomic E-state index is 12.8. The fourth-order valence-corrected chi connectivity index (χ4v) is 5.36. The zero-order valence-electron chi connectivity index (χ0n) is 19.6. The Labute approximate surface area is 198 Å². The van der Waals surface area contributed by atoms with Crippen LogP contribution in [0.4, 0.5) is 5.69 Å². The highest BCUT2D eigenvalue weighted by atomic mass is 32.2. The Morgan fingerprint density at radius 3 is 2.68 bits per heavy atom. The predicted molar refractivity (Wildman–Crippen MR) is 127 cm³/mol. The van der Waals surface area contributed by atoms with E-state index >= 15 is 0 Å². The van der Waals surface area contributed by atoms with Crippen LogP contribution in [-0.4, -0.2) is 44.8 Å². The van der Waals surface area contributed by atoms with Gasteiger partial charge in [0, 0.05) is 29.1 Å². The third-order valence-corrected chi connectivity index (χ3v) is 6.89. The molecule has 2 N–H and O–H groups in total. The Kier molecular flexibility index (Phi) is 7.73. The normalized spacial score (nSPS) is 16.7. The number of esters is 1. The van der Waals surface area contributed by atoms with Crippen LogP contribution in [-0.2, 0) is 41.5 Å². The first-order valence-electron chi connectivity index (χ1n) is 11.2. The fraction of sp³-hybridized carbons (Fsp3) is 0.375. The molecule has 0 atom stereocenters. The van der Waals surface area contributed by atoms with Crippen molar-refractivity contribution in [1.29, 1.82) is 0 Å². The zero-order valence-corrected chi connectivity index (χ0v) is 20.4. The van der Waals surface area contributed by atoms with E-state index in [4.69, 9.17) is 8.92 Å². The van der Waals surface area contributed by atoms with Gasteiger partial charge in [-0.15, -0.1) is 0 Å². The molecule has 1 aromatic carbocycles. The summed E-state index contributed by atoms with van der Waals surface area (Å²) < 4.78 is 34.8. The number of aryl methyl sites for hydroxylation is 1. The van der Waals surface area contributed by atoms with Gasteiger partial charge < -0.3 is 19.8 Å². The van der Waals surface area contributed by atoms with Crippen molar-refractivity contribution in [3.8, 4) is 0 Å². The van der Waals surface area contributed by atoms with Gasteiger partial charge >= 0.3 is 5.97 Å². The lowest BCUT2D eigenvalue weighted by atomic mass is 9.96. The summed E-state index contributed by atoms with van der Waals surface area (Å²) in [7, 11) is -3.89. The zero-order chi connectivity index (χ0) is 25.0. The van der Waals surface area contributed by atoms with Gasteiger partial charge in [-0.1, -0.05) is 13.8 Å². The predicted octanol–water partition coefficient (Wildman–Crippen LogP) is 3.41. The maximum atomic E-state index is 12.8. The van der Waals surface area contributed by atoms with Gasteiger partial charge in [-0.2, -0.15) is 8.42 Å². The summed E-state index contributed by atoms with van der Waals surface area (Å²) in [5.41, 5.74) is 3.78. The Hall–Kier alpha value is -3.24. The monoisotopic (exact) mass is 488 g/mol. The summed E-state index contributed by atoms with van der Waals surface area (Å²) in [6, 6.07) is 2.97. The van der Waals surface area contributed by atoms with Crippen molar-refractivity contribution in [2.75, 3.05) is 18.5 Å². The minimum Gasteiger partial charge on any atom is -0.462 e. The molecule has 2 aliphatic rings. The van der Waals surface area contributed by atoms with Crippen LogP contribution in [0.2, 0.25) is 0 Å². The number of carbonyl (C=O) groups excluding carboxylic acids is 3. The third-order valence-electron chi connectivity index (χ3n) is 5.50. The lowest BCUT2D eigenvalue weighted by Crippen LogP contribution is -2.19. The minimum absolute atomic E-state index is 0.00748. The van der Waals surface area contributed by atoms with Crippen LogP contribution in [0.3, 0.4) is 0 Å². The molecule has 4 rings (SSSR count). The summed E-state index contributed by atoms with van der Waals surface area (Å²) in [4.78, 5) is 39.5. The maximum Gasteiger partial charge on any atom is 0.340 e. The van der Waals surface area contributed by atoms with Gasteiger partial charge in [0.25, 0.3) is 16.0 Å². The Balaban J connectivity index is 0.00000158. The topological polar surface area (TPSA) is 132 Å². The first kappa shape index (κ1) is 25.4. The van der Waals surface area contributed by atoms with Crippen LogP contribution in [0.25, 0.3) is 11.6 Å². The quantitative estimate of drug-likeness (QED) is 0.276. The fourth-order valence-electron chi connectivity index (χ4n) is 4.19. The molecule has 0 saturated heterocycles. The molecule has 1 amide bonds. The molecule has 34 heavy (non-hydrogen) atoms. The number of carbonyl (C=O) groups is 3. The average Bonchev–Trinajstić information content (AvgIpc) is 3.29. The van der Waals surface area contributed by atoms with Gasteiger partial charge in [0.05, 0.1) is 29.2 Å². The van der Waals surface area contributed by atoms with E-state index in [-0.39, 0.29) is 42.4 Å². The molecule has 0 radical (unpaired) electrons. The summed E-state index contributed by atoms with van der Waals surface area (Å²) in [5, 5.41) is 2.77. The number of aromatic nitrogens is 1. The lowest BCUT2D eigenvalue weighted by Gasteiger charge is -2.19. The van der Waals surface area contributed by atoms with Crippen molar-refractivity contribution in [1.82, 2.24) is 4.98 Å². The molecule has 0 spiro atoms. The highest BCUT2D eigenvalue weighted by molar-refractivity contribution is 7.86. The Bertz CT molecular complexity index is 1270. The SMILES string of the molecule is CC.CCOC(=O)c1c(C)[nH]c(/C=C2\C(=O)Nc3ccc4c(c32)CCOS4(=O)=O)c1CCC=O. The molecule has 2 aromatic rings.